The molecule has 2 aliphatic rings. The first kappa shape index (κ1) is 38.4. The number of carbonyl (C=O) groups excluding carboxylic acids is 4. The summed E-state index contributed by atoms with van der Waals surface area (Å²) >= 11 is 0. The van der Waals surface area contributed by atoms with E-state index >= 15 is 0 Å². The SMILES string of the molecule is C[C@@H](O[Si](C)(C)C(C)(C)C)C(=O)CCCCC[C@H](N)C(=O)N1CCC[C@H]1C(=O)N[C@@H](Cc1ccccc1)C(=O)N1CCC[C@@H]1C(=O)O. The second kappa shape index (κ2) is 16.8. The van der Waals surface area contributed by atoms with E-state index in [2.05, 4.69) is 39.2 Å². The van der Waals surface area contributed by atoms with Gasteiger partial charge in [0.15, 0.2) is 14.1 Å². The molecule has 2 saturated heterocycles. The monoisotopic (exact) mass is 672 g/mol. The number of carboxylic acids is 1. The Balaban J connectivity index is 1.53. The maximum absolute atomic E-state index is 13.6. The quantitative estimate of drug-likeness (QED) is 0.175. The smallest absolute Gasteiger partial charge is 0.326 e. The molecule has 2 fully saturated rings. The summed E-state index contributed by atoms with van der Waals surface area (Å²) < 4.78 is 6.23. The van der Waals surface area contributed by atoms with Gasteiger partial charge in [-0.15, -0.1) is 0 Å². The van der Waals surface area contributed by atoms with Crippen LogP contribution in [0.1, 0.15) is 91.0 Å². The van der Waals surface area contributed by atoms with Gasteiger partial charge in [-0.25, -0.2) is 4.79 Å². The number of carboxylic acid groups (broad SMARTS) is 1. The minimum absolute atomic E-state index is 0.0275. The number of nitrogens with two attached hydrogens (primary N) is 1. The summed E-state index contributed by atoms with van der Waals surface area (Å²) in [6.45, 7) is 13.3. The topological polar surface area (TPSA) is 159 Å². The molecule has 1 aromatic rings. The predicted molar refractivity (Wildman–Crippen MR) is 183 cm³/mol. The number of carbonyl (C=O) groups is 5. The number of benzene rings is 1. The van der Waals surface area contributed by atoms with Gasteiger partial charge in [0, 0.05) is 25.9 Å². The van der Waals surface area contributed by atoms with Crippen LogP contribution in [0.3, 0.4) is 0 Å². The van der Waals surface area contributed by atoms with Gasteiger partial charge in [-0.3, -0.25) is 19.2 Å². The molecule has 0 spiro atoms. The third kappa shape index (κ3) is 10.4. The molecular weight excluding hydrogens is 616 g/mol. The van der Waals surface area contributed by atoms with Crippen LogP contribution in [0.2, 0.25) is 18.1 Å². The van der Waals surface area contributed by atoms with E-state index in [0.29, 0.717) is 64.5 Å². The zero-order valence-corrected chi connectivity index (χ0v) is 30.1. The number of hydrogen-bond donors (Lipinski definition) is 3. The Bertz CT molecular complexity index is 1250. The van der Waals surface area contributed by atoms with Gasteiger partial charge in [-0.05, 0) is 69.1 Å². The van der Waals surface area contributed by atoms with Crippen molar-refractivity contribution in [3.05, 3.63) is 35.9 Å². The van der Waals surface area contributed by atoms with Crippen molar-refractivity contribution in [3.8, 4) is 0 Å². The second-order valence-corrected chi connectivity index (χ2v) is 19.4. The first-order chi connectivity index (χ1) is 22.0. The molecule has 2 aliphatic heterocycles. The van der Waals surface area contributed by atoms with Crippen molar-refractivity contribution in [1.82, 2.24) is 15.1 Å². The van der Waals surface area contributed by atoms with Gasteiger partial charge in [-0.1, -0.05) is 63.9 Å². The summed E-state index contributed by atoms with van der Waals surface area (Å²) in [5.41, 5.74) is 7.15. The number of amides is 3. The number of ketones is 1. The molecule has 12 heteroatoms. The lowest BCUT2D eigenvalue weighted by atomic mass is 10.0. The predicted octanol–water partition coefficient (Wildman–Crippen LogP) is 4.04. The number of hydrogen-bond acceptors (Lipinski definition) is 7. The molecule has 0 aliphatic carbocycles. The Kier molecular flexibility index (Phi) is 13.7. The van der Waals surface area contributed by atoms with Crippen molar-refractivity contribution < 1.29 is 33.5 Å². The van der Waals surface area contributed by atoms with Crippen LogP contribution in [0, 0.1) is 0 Å². The highest BCUT2D eigenvalue weighted by Crippen LogP contribution is 2.37. The van der Waals surface area contributed by atoms with Gasteiger partial charge in [0.1, 0.15) is 24.2 Å². The molecule has 11 nitrogen and oxygen atoms in total. The molecule has 47 heavy (non-hydrogen) atoms. The molecule has 262 valence electrons. The van der Waals surface area contributed by atoms with Crippen LogP contribution in [-0.4, -0.2) is 96.1 Å². The lowest BCUT2D eigenvalue weighted by Crippen LogP contribution is -2.57. The highest BCUT2D eigenvalue weighted by atomic mass is 28.4. The van der Waals surface area contributed by atoms with Crippen LogP contribution in [0.15, 0.2) is 30.3 Å². The van der Waals surface area contributed by atoms with E-state index in [1.54, 1.807) is 0 Å². The van der Waals surface area contributed by atoms with E-state index in [0.717, 1.165) is 12.0 Å². The summed E-state index contributed by atoms with van der Waals surface area (Å²) in [5, 5.41) is 12.5. The van der Waals surface area contributed by atoms with Crippen molar-refractivity contribution in [3.63, 3.8) is 0 Å². The van der Waals surface area contributed by atoms with Gasteiger partial charge in [0.2, 0.25) is 17.7 Å². The summed E-state index contributed by atoms with van der Waals surface area (Å²) in [6.07, 6.45) is 4.79. The molecule has 5 atom stereocenters. The maximum Gasteiger partial charge on any atom is 0.326 e. The van der Waals surface area contributed by atoms with E-state index in [1.165, 1.54) is 9.80 Å². The number of Topliss-reactive ketones (excluding diaryl/α,β-unsaturated/α-hetero) is 1. The number of nitrogens with zero attached hydrogens (tertiary/aromatic N) is 2. The number of rotatable bonds is 16. The Labute approximate surface area is 281 Å². The Hall–Kier alpha value is -3.09. The Morgan fingerprint density at radius 3 is 2.15 bits per heavy atom. The normalized spacial score (nSPS) is 20.5. The highest BCUT2D eigenvalue weighted by molar-refractivity contribution is 6.74. The van der Waals surface area contributed by atoms with Crippen LogP contribution < -0.4 is 11.1 Å². The molecule has 1 aromatic carbocycles. The average Bonchev–Trinajstić information content (AvgIpc) is 3.70. The molecule has 0 saturated carbocycles. The van der Waals surface area contributed by atoms with Crippen LogP contribution >= 0.6 is 0 Å². The molecule has 4 N–H and O–H groups in total. The first-order valence-corrected chi connectivity index (χ1v) is 20.1. The number of nitrogens with one attached hydrogen (secondary N) is 1. The van der Waals surface area contributed by atoms with Gasteiger partial charge >= 0.3 is 5.97 Å². The van der Waals surface area contributed by atoms with E-state index in [1.807, 2.05) is 37.3 Å². The van der Waals surface area contributed by atoms with Gasteiger partial charge in [-0.2, -0.15) is 0 Å². The summed E-state index contributed by atoms with van der Waals surface area (Å²) in [6, 6.07) is 5.84. The number of likely N-dealkylation sites (tertiary alicyclic amines) is 2. The Morgan fingerprint density at radius 1 is 0.957 bits per heavy atom. The van der Waals surface area contributed by atoms with Crippen molar-refractivity contribution >= 4 is 37.8 Å². The molecule has 2 heterocycles. The van der Waals surface area contributed by atoms with Gasteiger partial charge < -0.3 is 30.4 Å². The third-order valence-electron chi connectivity index (χ3n) is 10.0. The first-order valence-electron chi connectivity index (χ1n) is 17.2. The fourth-order valence-electron chi connectivity index (χ4n) is 6.17. The maximum atomic E-state index is 13.6. The molecule has 0 bridgehead atoms. The highest BCUT2D eigenvalue weighted by Gasteiger charge is 2.41. The molecule has 0 radical (unpaired) electrons. The van der Waals surface area contributed by atoms with Gasteiger partial charge in [0.05, 0.1) is 6.04 Å². The Morgan fingerprint density at radius 2 is 1.55 bits per heavy atom. The zero-order valence-electron chi connectivity index (χ0n) is 29.1. The largest absolute Gasteiger partial charge is 0.480 e. The van der Waals surface area contributed by atoms with Crippen molar-refractivity contribution in [2.45, 2.75) is 140 Å². The molecule has 0 unspecified atom stereocenters. The zero-order chi connectivity index (χ0) is 34.9. The lowest BCUT2D eigenvalue weighted by Gasteiger charge is -2.38. The fourth-order valence-corrected chi connectivity index (χ4v) is 7.54. The van der Waals surface area contributed by atoms with Crippen LogP contribution in [0.5, 0.6) is 0 Å². The van der Waals surface area contributed by atoms with E-state index in [4.69, 9.17) is 10.2 Å². The fraction of sp³-hybridized carbons (Fsp3) is 0.686. The summed E-state index contributed by atoms with van der Waals surface area (Å²) in [7, 11) is -2.03. The second-order valence-electron chi connectivity index (χ2n) is 14.7. The summed E-state index contributed by atoms with van der Waals surface area (Å²) in [4.78, 5) is 68.0. The minimum atomic E-state index is -2.03. The van der Waals surface area contributed by atoms with Crippen molar-refractivity contribution in [1.29, 1.82) is 0 Å². The van der Waals surface area contributed by atoms with Crippen molar-refractivity contribution in [2.75, 3.05) is 13.1 Å². The van der Waals surface area contributed by atoms with E-state index < -0.39 is 56.4 Å². The minimum Gasteiger partial charge on any atom is -0.480 e. The van der Waals surface area contributed by atoms with E-state index in [9.17, 15) is 29.1 Å². The molecule has 3 amide bonds. The van der Waals surface area contributed by atoms with Crippen LogP contribution in [0.4, 0.5) is 0 Å². The summed E-state index contributed by atoms with van der Waals surface area (Å²) in [5.74, 6) is -2.13. The van der Waals surface area contributed by atoms with E-state index in [-0.39, 0.29) is 23.1 Å². The lowest BCUT2D eigenvalue weighted by molar-refractivity contribution is -0.149. The van der Waals surface area contributed by atoms with Crippen LogP contribution in [-0.2, 0) is 34.8 Å². The van der Waals surface area contributed by atoms with Crippen molar-refractivity contribution in [2.24, 2.45) is 5.73 Å². The average molecular weight is 673 g/mol. The van der Waals surface area contributed by atoms with Crippen LogP contribution in [0.25, 0.3) is 0 Å². The molecule has 3 rings (SSSR count). The number of unbranched alkanes of at least 4 members (excludes halogenated alkanes) is 2. The standard InChI is InChI=1S/C35H56N4O7Si/c1-24(46-47(5,6)35(2,3)4)30(40)20-12-8-11-17-26(36)32(42)38-21-13-18-28(38)31(41)37-27(23-25-15-9-7-10-16-25)33(43)39-22-14-19-29(39)34(44)45/h7,9-10,15-16,24,26-29H,8,11-14,17-23,36H2,1-6H3,(H,37,41)(H,44,45)/t24-,26+,27+,28+,29-/m1/s1. The molecular formula is C35H56N4O7Si. The molecule has 0 aromatic heterocycles. The third-order valence-corrected chi connectivity index (χ3v) is 14.6. The van der Waals surface area contributed by atoms with Gasteiger partial charge in [0.25, 0.3) is 0 Å². The number of aliphatic carboxylic acids is 1.